The molecule has 0 aliphatic carbocycles. The Morgan fingerprint density at radius 2 is 1.92 bits per heavy atom. The van der Waals surface area contributed by atoms with Crippen molar-refractivity contribution in [2.45, 2.75) is 5.92 Å². The van der Waals surface area contributed by atoms with Crippen LogP contribution in [0.3, 0.4) is 0 Å². The second-order valence-electron chi connectivity index (χ2n) is 5.13. The van der Waals surface area contributed by atoms with E-state index in [1.54, 1.807) is 18.2 Å². The molecule has 2 aromatic rings. The Bertz CT molecular complexity index is 758. The minimum Gasteiger partial charge on any atom is -0.486 e. The van der Waals surface area contributed by atoms with Crippen molar-refractivity contribution in [2.75, 3.05) is 26.3 Å². The topological polar surface area (TPSA) is 99.6 Å². The van der Waals surface area contributed by atoms with Crippen LogP contribution in [0.4, 0.5) is 8.78 Å². The number of rotatable bonds is 5. The van der Waals surface area contributed by atoms with Gasteiger partial charge in [0.1, 0.15) is 13.2 Å². The van der Waals surface area contributed by atoms with Gasteiger partial charge in [0.15, 0.2) is 29.3 Å². The van der Waals surface area contributed by atoms with E-state index >= 15 is 0 Å². The number of carbonyl (C=O) groups excluding carboxylic acids is 1. The van der Waals surface area contributed by atoms with Gasteiger partial charge < -0.3 is 24.9 Å². The summed E-state index contributed by atoms with van der Waals surface area (Å²) in [4.78, 5) is 15.9. The molecule has 3 N–H and O–H groups in total. The van der Waals surface area contributed by atoms with Gasteiger partial charge in [-0.15, -0.1) is 24.8 Å². The number of hydrogen-bond acceptors (Lipinski definition) is 6. The van der Waals surface area contributed by atoms with E-state index in [1.807, 2.05) is 0 Å². The van der Waals surface area contributed by atoms with Crippen molar-refractivity contribution in [2.24, 2.45) is 5.73 Å². The van der Waals surface area contributed by atoms with Crippen LogP contribution in [0.1, 0.15) is 10.5 Å². The van der Waals surface area contributed by atoms with E-state index < -0.39 is 24.9 Å². The van der Waals surface area contributed by atoms with Crippen LogP contribution in [-0.2, 0) is 0 Å². The van der Waals surface area contributed by atoms with Gasteiger partial charge in [-0.3, -0.25) is 4.79 Å². The molecule has 1 aromatic heterocycles. The highest BCUT2D eigenvalue weighted by atomic mass is 35.5. The van der Waals surface area contributed by atoms with E-state index in [2.05, 4.69) is 10.3 Å². The fourth-order valence-corrected chi connectivity index (χ4v) is 2.16. The van der Waals surface area contributed by atoms with Crippen molar-refractivity contribution >= 4 is 30.7 Å². The molecule has 11 heteroatoms. The van der Waals surface area contributed by atoms with Gasteiger partial charge in [-0.25, -0.2) is 13.8 Å². The normalized spacial score (nSPS) is 12.6. The summed E-state index contributed by atoms with van der Waals surface area (Å²) >= 11 is 0. The van der Waals surface area contributed by atoms with E-state index in [0.29, 0.717) is 30.3 Å². The molecule has 1 aliphatic heterocycles. The second kappa shape index (κ2) is 9.02. The van der Waals surface area contributed by atoms with Crippen LogP contribution < -0.4 is 20.5 Å². The van der Waals surface area contributed by atoms with Gasteiger partial charge in [0.25, 0.3) is 11.8 Å². The van der Waals surface area contributed by atoms with Crippen molar-refractivity contribution in [3.63, 3.8) is 0 Å². The maximum Gasteiger partial charge on any atom is 0.277 e. The van der Waals surface area contributed by atoms with Gasteiger partial charge in [-0.2, -0.15) is 0 Å². The highest BCUT2D eigenvalue weighted by Crippen LogP contribution is 2.35. The van der Waals surface area contributed by atoms with Crippen molar-refractivity contribution in [1.82, 2.24) is 10.3 Å². The fraction of sp³-hybridized carbons (Fsp3) is 0.333. The molecule has 1 amide bonds. The van der Waals surface area contributed by atoms with Crippen molar-refractivity contribution in [1.29, 1.82) is 0 Å². The average Bonchev–Trinajstić information content (AvgIpc) is 3.09. The van der Waals surface area contributed by atoms with Crippen LogP contribution in [0.2, 0.25) is 0 Å². The maximum atomic E-state index is 13.2. The predicted molar refractivity (Wildman–Crippen MR) is 93.8 cm³/mol. The quantitative estimate of drug-likeness (QED) is 0.782. The lowest BCUT2D eigenvalue weighted by atomic mass is 10.1. The van der Waals surface area contributed by atoms with Gasteiger partial charge in [-0.05, 0) is 18.2 Å². The first kappa shape index (κ1) is 21.9. The zero-order valence-corrected chi connectivity index (χ0v) is 15.0. The van der Waals surface area contributed by atoms with E-state index in [1.165, 1.54) is 0 Å². The second-order valence-corrected chi connectivity index (χ2v) is 5.13. The number of nitrogens with one attached hydrogen (secondary N) is 1. The zero-order chi connectivity index (χ0) is 17.2. The van der Waals surface area contributed by atoms with Crippen molar-refractivity contribution < 1.29 is 27.5 Å². The van der Waals surface area contributed by atoms with Crippen LogP contribution in [0.25, 0.3) is 11.3 Å². The molecule has 0 saturated heterocycles. The molecule has 144 valence electrons. The van der Waals surface area contributed by atoms with Gasteiger partial charge in [0.05, 0.1) is 13.1 Å². The number of hydrogen-bond donors (Lipinski definition) is 2. The number of fused-ring (bicyclic) bond motifs is 1. The van der Waals surface area contributed by atoms with E-state index in [4.69, 9.17) is 19.6 Å². The third-order valence-corrected chi connectivity index (χ3v) is 3.39. The lowest BCUT2D eigenvalue weighted by Gasteiger charge is -2.18. The minimum absolute atomic E-state index is 0. The summed E-state index contributed by atoms with van der Waals surface area (Å²) in [6, 6.07) is 4.98. The molecule has 0 bridgehead atoms. The van der Waals surface area contributed by atoms with Crippen LogP contribution >= 0.6 is 24.8 Å². The largest absolute Gasteiger partial charge is 0.486 e. The number of halogens is 4. The number of alkyl halides is 2. The van der Waals surface area contributed by atoms with Crippen LogP contribution in [0.5, 0.6) is 11.5 Å². The summed E-state index contributed by atoms with van der Waals surface area (Å²) in [5.74, 6) is -2.71. The number of amides is 1. The van der Waals surface area contributed by atoms with Gasteiger partial charge >= 0.3 is 0 Å². The maximum absolute atomic E-state index is 13.2. The predicted octanol–water partition coefficient (Wildman–Crippen LogP) is 2.28. The Balaban J connectivity index is 0.00000169. The average molecular weight is 412 g/mol. The van der Waals surface area contributed by atoms with Gasteiger partial charge in [-0.1, -0.05) is 0 Å². The Kier molecular flexibility index (Phi) is 7.61. The molecule has 0 fully saturated rings. The Hall–Kier alpha value is -2.10. The van der Waals surface area contributed by atoms with Gasteiger partial charge in [0.2, 0.25) is 0 Å². The fourth-order valence-electron chi connectivity index (χ4n) is 2.16. The van der Waals surface area contributed by atoms with E-state index in [9.17, 15) is 13.6 Å². The molecule has 0 radical (unpaired) electrons. The molecular formula is C15H17Cl2F2N3O4. The third-order valence-electron chi connectivity index (χ3n) is 3.39. The monoisotopic (exact) mass is 411 g/mol. The minimum atomic E-state index is -3.18. The Morgan fingerprint density at radius 1 is 1.23 bits per heavy atom. The summed E-state index contributed by atoms with van der Waals surface area (Å²) < 4.78 is 42.4. The Morgan fingerprint density at radius 3 is 2.62 bits per heavy atom. The summed E-state index contributed by atoms with van der Waals surface area (Å²) in [6.07, 6.45) is 1.07. The standard InChI is InChI=1S/C15H15F2N3O4.2ClH/c16-15(17,6-18)7-19-14(21)12-13(24-8-20-12)9-1-2-10-11(5-9)23-4-3-22-10;;/h1-2,5,8H,3-4,6-7,18H2,(H,19,21);2*1H. The molecule has 0 saturated carbocycles. The number of nitrogens with zero attached hydrogens (tertiary/aromatic N) is 1. The molecule has 0 unspecified atom stereocenters. The van der Waals surface area contributed by atoms with Crippen LogP contribution in [-0.4, -0.2) is 43.1 Å². The number of nitrogens with two attached hydrogens (primary N) is 1. The lowest BCUT2D eigenvalue weighted by molar-refractivity contribution is 0.0118. The summed E-state index contributed by atoms with van der Waals surface area (Å²) in [5, 5.41) is 2.10. The molecule has 1 aromatic carbocycles. The Labute approximate surface area is 160 Å². The number of aromatic nitrogens is 1. The molecule has 0 atom stereocenters. The van der Waals surface area contributed by atoms with Crippen LogP contribution in [0, 0.1) is 0 Å². The molecule has 2 heterocycles. The summed E-state index contributed by atoms with van der Waals surface area (Å²) in [5.41, 5.74) is 5.36. The lowest BCUT2D eigenvalue weighted by Crippen LogP contribution is -2.41. The summed E-state index contributed by atoms with van der Waals surface area (Å²) in [6.45, 7) is -0.872. The van der Waals surface area contributed by atoms with Crippen LogP contribution in [0.15, 0.2) is 29.0 Å². The molecule has 1 aliphatic rings. The van der Waals surface area contributed by atoms with E-state index in [0.717, 1.165) is 6.39 Å². The van der Waals surface area contributed by atoms with Gasteiger partial charge in [0, 0.05) is 5.56 Å². The first-order chi connectivity index (χ1) is 11.5. The highest BCUT2D eigenvalue weighted by molar-refractivity contribution is 5.97. The first-order valence-corrected chi connectivity index (χ1v) is 7.20. The smallest absolute Gasteiger partial charge is 0.277 e. The molecular weight excluding hydrogens is 395 g/mol. The zero-order valence-electron chi connectivity index (χ0n) is 13.4. The van der Waals surface area contributed by atoms with Crippen molar-refractivity contribution in [3.05, 3.63) is 30.3 Å². The highest BCUT2D eigenvalue weighted by Gasteiger charge is 2.29. The SMILES string of the molecule is Cl.Cl.NCC(F)(F)CNC(=O)c1ncoc1-c1ccc2c(c1)OCCO2. The molecule has 0 spiro atoms. The number of benzene rings is 1. The van der Waals surface area contributed by atoms with Crippen molar-refractivity contribution in [3.8, 4) is 22.8 Å². The number of oxazole rings is 1. The molecule has 26 heavy (non-hydrogen) atoms. The summed E-state index contributed by atoms with van der Waals surface area (Å²) in [7, 11) is 0. The number of ether oxygens (including phenoxy) is 2. The van der Waals surface area contributed by atoms with E-state index in [-0.39, 0.29) is 36.3 Å². The third kappa shape index (κ3) is 4.75. The first-order valence-electron chi connectivity index (χ1n) is 7.20. The molecule has 7 nitrogen and oxygen atoms in total. The number of carbonyl (C=O) groups is 1. The molecule has 3 rings (SSSR count).